The van der Waals surface area contributed by atoms with Crippen molar-refractivity contribution in [2.75, 3.05) is 0 Å². The van der Waals surface area contributed by atoms with Gasteiger partial charge in [0, 0.05) is 17.1 Å². The van der Waals surface area contributed by atoms with Crippen molar-refractivity contribution in [2.45, 2.75) is 13.5 Å². The smallest absolute Gasteiger partial charge is 0.273 e. The molecular weight excluding hydrogens is 486 g/mol. The lowest BCUT2D eigenvalue weighted by Gasteiger charge is -2.13. The van der Waals surface area contributed by atoms with Gasteiger partial charge in [0.05, 0.1) is 16.1 Å². The number of hydrogen-bond acceptors (Lipinski definition) is 4. The van der Waals surface area contributed by atoms with E-state index in [1.54, 1.807) is 13.0 Å². The van der Waals surface area contributed by atoms with Crippen LogP contribution in [0.25, 0.3) is 0 Å². The molecule has 1 aromatic heterocycles. The van der Waals surface area contributed by atoms with Crippen LogP contribution in [0.1, 0.15) is 27.4 Å². The molecule has 6 nitrogen and oxygen atoms in total. The lowest BCUT2D eigenvalue weighted by molar-refractivity contribution is 0.0946. The van der Waals surface area contributed by atoms with E-state index in [0.29, 0.717) is 10.3 Å². The third-order valence-electron chi connectivity index (χ3n) is 3.78. The van der Waals surface area contributed by atoms with Crippen LogP contribution >= 0.6 is 39.1 Å². The monoisotopic (exact) mass is 496 g/mol. The third kappa shape index (κ3) is 4.88. The second kappa shape index (κ2) is 8.82. The summed E-state index contributed by atoms with van der Waals surface area (Å²) in [6.45, 7) is 1.55. The van der Waals surface area contributed by atoms with E-state index >= 15 is 0 Å². The number of nitrogens with zero attached hydrogens (tertiary/aromatic N) is 2. The third-order valence-corrected chi connectivity index (χ3v) is 4.90. The van der Waals surface area contributed by atoms with Gasteiger partial charge in [-0.05, 0) is 47.1 Å². The number of amides is 1. The minimum Gasteiger partial charge on any atom is -0.453 e. The van der Waals surface area contributed by atoms with Crippen LogP contribution in [0.5, 0.6) is 11.5 Å². The molecule has 3 aromatic rings. The molecule has 0 unspecified atom stereocenters. The number of hydrogen-bond donors (Lipinski definition) is 2. The standard InChI is InChI=1S/C19H12BrCl2FN4O2/c1-9-26-16(18(22)27-9)19(28)25-8-11-2-3-14(20)17(15(11)23)29-13-5-10(7-24)4-12(21)6-13/h2-6H,8H2,1H3,(H,25,28)(H,26,27). The van der Waals surface area contributed by atoms with Crippen molar-refractivity contribution in [3.8, 4) is 17.6 Å². The van der Waals surface area contributed by atoms with Crippen LogP contribution in [-0.4, -0.2) is 15.9 Å². The summed E-state index contributed by atoms with van der Waals surface area (Å²) in [6, 6.07) is 9.41. The van der Waals surface area contributed by atoms with Gasteiger partial charge in [-0.2, -0.15) is 5.26 Å². The number of aromatic nitrogens is 2. The minimum absolute atomic E-state index is 0.0288. The second-order valence-corrected chi connectivity index (χ2v) is 7.58. The van der Waals surface area contributed by atoms with Gasteiger partial charge >= 0.3 is 0 Å². The van der Waals surface area contributed by atoms with Crippen LogP contribution in [0.2, 0.25) is 10.2 Å². The van der Waals surface area contributed by atoms with Crippen LogP contribution in [0, 0.1) is 24.1 Å². The number of aromatic amines is 1. The second-order valence-electron chi connectivity index (χ2n) is 5.91. The van der Waals surface area contributed by atoms with E-state index in [2.05, 4.69) is 31.2 Å². The van der Waals surface area contributed by atoms with Crippen LogP contribution in [0.4, 0.5) is 4.39 Å². The van der Waals surface area contributed by atoms with Gasteiger partial charge in [-0.3, -0.25) is 4.79 Å². The Labute approximate surface area is 183 Å². The molecule has 0 aliphatic heterocycles. The number of halogens is 4. The fourth-order valence-electron chi connectivity index (χ4n) is 2.48. The first-order valence-electron chi connectivity index (χ1n) is 8.14. The first-order valence-corrected chi connectivity index (χ1v) is 9.69. The summed E-state index contributed by atoms with van der Waals surface area (Å²) in [6.07, 6.45) is 0. The Morgan fingerprint density at radius 2 is 2.14 bits per heavy atom. The summed E-state index contributed by atoms with van der Waals surface area (Å²) in [7, 11) is 0. The van der Waals surface area contributed by atoms with Crippen molar-refractivity contribution in [1.82, 2.24) is 15.3 Å². The molecule has 0 saturated heterocycles. The quantitative estimate of drug-likeness (QED) is 0.485. The maximum absolute atomic E-state index is 15.0. The van der Waals surface area contributed by atoms with Crippen LogP contribution in [-0.2, 0) is 6.54 Å². The number of H-pyrrole nitrogens is 1. The van der Waals surface area contributed by atoms with E-state index in [1.165, 1.54) is 24.3 Å². The van der Waals surface area contributed by atoms with Gasteiger partial charge in [0.25, 0.3) is 5.91 Å². The first-order chi connectivity index (χ1) is 13.8. The molecular formula is C19H12BrCl2FN4O2. The highest BCUT2D eigenvalue weighted by Gasteiger charge is 2.18. The maximum atomic E-state index is 15.0. The lowest BCUT2D eigenvalue weighted by Crippen LogP contribution is -2.24. The topological polar surface area (TPSA) is 90.8 Å². The molecule has 1 heterocycles. The summed E-state index contributed by atoms with van der Waals surface area (Å²) < 4.78 is 21.0. The molecule has 2 aromatic carbocycles. The molecule has 0 saturated carbocycles. The zero-order chi connectivity index (χ0) is 21.1. The highest BCUT2D eigenvalue weighted by Crippen LogP contribution is 2.35. The van der Waals surface area contributed by atoms with E-state index in [1.807, 2.05) is 6.07 Å². The van der Waals surface area contributed by atoms with Crippen LogP contribution < -0.4 is 10.1 Å². The zero-order valence-electron chi connectivity index (χ0n) is 14.8. The Balaban J connectivity index is 1.82. The molecule has 1 amide bonds. The number of ether oxygens (including phenoxy) is 1. The molecule has 0 bridgehead atoms. The number of aryl methyl sites for hydroxylation is 1. The lowest BCUT2D eigenvalue weighted by atomic mass is 10.2. The molecule has 29 heavy (non-hydrogen) atoms. The van der Waals surface area contributed by atoms with Crippen molar-refractivity contribution < 1.29 is 13.9 Å². The fraction of sp³-hybridized carbons (Fsp3) is 0.105. The van der Waals surface area contributed by atoms with Crippen molar-refractivity contribution in [2.24, 2.45) is 0 Å². The predicted octanol–water partition coefficient (Wildman–Crippen LogP) is 5.52. The molecule has 2 N–H and O–H groups in total. The first kappa shape index (κ1) is 21.1. The Morgan fingerprint density at radius 3 is 2.79 bits per heavy atom. The number of rotatable bonds is 5. The summed E-state index contributed by atoms with van der Waals surface area (Å²) in [5, 5.41) is 12.0. The number of carbonyl (C=O) groups is 1. The molecule has 0 aliphatic rings. The van der Waals surface area contributed by atoms with E-state index < -0.39 is 11.7 Å². The molecule has 0 aliphatic carbocycles. The van der Waals surface area contributed by atoms with Crippen LogP contribution in [0.3, 0.4) is 0 Å². The van der Waals surface area contributed by atoms with Gasteiger partial charge in [0.1, 0.15) is 16.7 Å². The summed E-state index contributed by atoms with van der Waals surface area (Å²) in [5.74, 6) is -0.630. The molecule has 0 radical (unpaired) electrons. The largest absolute Gasteiger partial charge is 0.453 e. The van der Waals surface area contributed by atoms with Gasteiger partial charge < -0.3 is 15.0 Å². The molecule has 3 rings (SSSR count). The van der Waals surface area contributed by atoms with Crippen molar-refractivity contribution >= 4 is 45.0 Å². The number of benzene rings is 2. The summed E-state index contributed by atoms with van der Waals surface area (Å²) >= 11 is 15.1. The minimum atomic E-state index is -0.678. The fourth-order valence-corrected chi connectivity index (χ4v) is 3.36. The van der Waals surface area contributed by atoms with Gasteiger partial charge in [0.2, 0.25) is 0 Å². The van der Waals surface area contributed by atoms with Gasteiger partial charge in [0.15, 0.2) is 17.3 Å². The number of nitrogens with one attached hydrogen (secondary N) is 2. The zero-order valence-corrected chi connectivity index (χ0v) is 17.9. The highest BCUT2D eigenvalue weighted by molar-refractivity contribution is 9.10. The Bertz CT molecular complexity index is 1140. The number of carbonyl (C=O) groups excluding carboxylic acids is 1. The SMILES string of the molecule is Cc1nc(C(=O)NCc2ccc(Br)c(Oc3cc(Cl)cc(C#N)c3)c2F)c(Cl)[nH]1. The van der Waals surface area contributed by atoms with Gasteiger partial charge in [-0.25, -0.2) is 9.37 Å². The van der Waals surface area contributed by atoms with E-state index in [-0.39, 0.29) is 45.0 Å². The van der Waals surface area contributed by atoms with E-state index in [4.69, 9.17) is 33.2 Å². The van der Waals surface area contributed by atoms with E-state index in [0.717, 1.165) is 0 Å². The van der Waals surface area contributed by atoms with Crippen LogP contribution in [0.15, 0.2) is 34.8 Å². The molecule has 0 fully saturated rings. The Kier molecular flexibility index (Phi) is 6.42. The summed E-state index contributed by atoms with van der Waals surface area (Å²) in [5.41, 5.74) is 0.488. The number of imidazole rings is 1. The molecule has 10 heteroatoms. The summed E-state index contributed by atoms with van der Waals surface area (Å²) in [4.78, 5) is 18.9. The Hall–Kier alpha value is -2.60. The average molecular weight is 498 g/mol. The predicted molar refractivity (Wildman–Crippen MR) is 110 cm³/mol. The molecule has 148 valence electrons. The van der Waals surface area contributed by atoms with Crippen molar-refractivity contribution in [1.29, 1.82) is 5.26 Å². The Morgan fingerprint density at radius 1 is 1.38 bits per heavy atom. The number of nitriles is 1. The highest BCUT2D eigenvalue weighted by atomic mass is 79.9. The van der Waals surface area contributed by atoms with Crippen molar-refractivity contribution in [3.63, 3.8) is 0 Å². The van der Waals surface area contributed by atoms with Gasteiger partial charge in [-0.1, -0.05) is 29.3 Å². The van der Waals surface area contributed by atoms with Crippen molar-refractivity contribution in [3.05, 3.63) is 73.4 Å². The normalized spacial score (nSPS) is 10.5. The molecule has 0 atom stereocenters. The maximum Gasteiger partial charge on any atom is 0.273 e. The van der Waals surface area contributed by atoms with Gasteiger partial charge in [-0.15, -0.1) is 0 Å². The van der Waals surface area contributed by atoms with E-state index in [9.17, 15) is 9.18 Å². The molecule has 0 spiro atoms. The average Bonchev–Trinajstić information content (AvgIpc) is 3.02.